The second-order valence-electron chi connectivity index (χ2n) is 8.02. The molecule has 0 spiro atoms. The zero-order valence-electron chi connectivity index (χ0n) is 18.4. The van der Waals surface area contributed by atoms with Gasteiger partial charge < -0.3 is 0 Å². The normalized spacial score (nSPS) is 13.8. The van der Waals surface area contributed by atoms with Gasteiger partial charge in [-0.05, 0) is 80.7 Å². The molecule has 0 aromatic carbocycles. The minimum absolute atomic E-state index is 0.421. The van der Waals surface area contributed by atoms with Gasteiger partial charge in [0.15, 0.2) is 0 Å². The molecular formula is C23H28BrN3S3Si. The zero-order chi connectivity index (χ0) is 22.0. The van der Waals surface area contributed by atoms with E-state index in [9.17, 15) is 0 Å². The van der Waals surface area contributed by atoms with Gasteiger partial charge >= 0.3 is 0 Å². The summed E-state index contributed by atoms with van der Waals surface area (Å²) in [5.41, 5.74) is 6.13. The maximum atomic E-state index is 4.82. The number of pyridine rings is 1. The van der Waals surface area contributed by atoms with Crippen molar-refractivity contribution in [2.24, 2.45) is 5.92 Å². The van der Waals surface area contributed by atoms with Crippen LogP contribution >= 0.6 is 50.3 Å². The van der Waals surface area contributed by atoms with Crippen molar-refractivity contribution in [1.82, 2.24) is 13.7 Å². The SMILES string of the molecule is CCc1ccsc1-c1scc(CCC(CC)C(CC)c2ncc(Br)c3nsnc23)c1[SiH3]. The molecule has 4 rings (SSSR count). The summed E-state index contributed by atoms with van der Waals surface area (Å²) in [4.78, 5) is 7.84. The predicted octanol–water partition coefficient (Wildman–Crippen LogP) is 6.34. The fourth-order valence-corrected chi connectivity index (χ4v) is 9.39. The van der Waals surface area contributed by atoms with E-state index in [4.69, 9.17) is 4.98 Å². The molecule has 4 heterocycles. The second kappa shape index (κ2) is 10.3. The van der Waals surface area contributed by atoms with Crippen LogP contribution in [0.25, 0.3) is 20.8 Å². The average Bonchev–Trinajstić information content (AvgIpc) is 3.52. The second-order valence-corrected chi connectivity index (χ2v) is 12.2. The van der Waals surface area contributed by atoms with E-state index < -0.39 is 0 Å². The molecule has 0 radical (unpaired) electrons. The van der Waals surface area contributed by atoms with Gasteiger partial charge in [-0.1, -0.05) is 27.2 Å². The molecule has 0 fully saturated rings. The number of fused-ring (bicyclic) bond motifs is 1. The molecule has 4 aromatic heterocycles. The number of thiophene rings is 2. The molecule has 4 aromatic rings. The van der Waals surface area contributed by atoms with E-state index in [1.54, 1.807) is 10.8 Å². The summed E-state index contributed by atoms with van der Waals surface area (Å²) < 4.78 is 10.0. The van der Waals surface area contributed by atoms with Crippen LogP contribution in [0.4, 0.5) is 0 Å². The highest BCUT2D eigenvalue weighted by atomic mass is 79.9. The summed E-state index contributed by atoms with van der Waals surface area (Å²) in [6.45, 7) is 6.86. The molecule has 0 N–H and O–H groups in total. The van der Waals surface area contributed by atoms with Gasteiger partial charge in [0, 0.05) is 32.1 Å². The molecule has 0 aliphatic heterocycles. The Labute approximate surface area is 208 Å². The highest BCUT2D eigenvalue weighted by Gasteiger charge is 2.26. The van der Waals surface area contributed by atoms with Crippen LogP contribution in [-0.4, -0.2) is 24.0 Å². The molecule has 2 atom stereocenters. The van der Waals surface area contributed by atoms with Crippen LogP contribution < -0.4 is 5.19 Å². The maximum Gasteiger partial charge on any atom is 0.127 e. The van der Waals surface area contributed by atoms with Gasteiger partial charge in [0.25, 0.3) is 0 Å². The van der Waals surface area contributed by atoms with Gasteiger partial charge in [-0.3, -0.25) is 4.98 Å². The number of nitrogens with zero attached hydrogens (tertiary/aromatic N) is 3. The van der Waals surface area contributed by atoms with Crippen molar-refractivity contribution in [2.75, 3.05) is 0 Å². The molecule has 31 heavy (non-hydrogen) atoms. The van der Waals surface area contributed by atoms with Gasteiger partial charge in [-0.2, -0.15) is 8.75 Å². The van der Waals surface area contributed by atoms with E-state index in [1.807, 2.05) is 28.9 Å². The Kier molecular flexibility index (Phi) is 7.75. The van der Waals surface area contributed by atoms with Crippen molar-refractivity contribution in [3.63, 3.8) is 0 Å². The fraction of sp³-hybridized carbons (Fsp3) is 0.435. The summed E-state index contributed by atoms with van der Waals surface area (Å²) in [6.07, 6.45) is 7.62. The quantitative estimate of drug-likeness (QED) is 0.228. The van der Waals surface area contributed by atoms with Gasteiger partial charge in [0.05, 0.1) is 21.9 Å². The number of hydrogen-bond acceptors (Lipinski definition) is 6. The van der Waals surface area contributed by atoms with Crippen molar-refractivity contribution in [2.45, 2.75) is 58.8 Å². The van der Waals surface area contributed by atoms with Crippen LogP contribution in [0.2, 0.25) is 0 Å². The Morgan fingerprint density at radius 2 is 1.84 bits per heavy atom. The Hall–Kier alpha value is -0.933. The van der Waals surface area contributed by atoms with Gasteiger partial charge in [-0.25, -0.2) is 0 Å². The number of hydrogen-bond donors (Lipinski definition) is 0. The lowest BCUT2D eigenvalue weighted by molar-refractivity contribution is 0.370. The van der Waals surface area contributed by atoms with E-state index in [2.05, 4.69) is 62.3 Å². The smallest absolute Gasteiger partial charge is 0.127 e. The summed E-state index contributed by atoms with van der Waals surface area (Å²) >= 11 is 8.71. The maximum absolute atomic E-state index is 4.82. The summed E-state index contributed by atoms with van der Waals surface area (Å²) in [5, 5.41) is 6.27. The first kappa shape index (κ1) is 23.2. The van der Waals surface area contributed by atoms with Crippen LogP contribution in [0.3, 0.4) is 0 Å². The van der Waals surface area contributed by atoms with Crippen molar-refractivity contribution in [3.8, 4) is 9.75 Å². The van der Waals surface area contributed by atoms with E-state index in [-0.39, 0.29) is 0 Å². The largest absolute Gasteiger partial charge is 0.257 e. The molecular weight excluding hydrogens is 522 g/mol. The lowest BCUT2D eigenvalue weighted by Gasteiger charge is -2.25. The molecule has 2 unspecified atom stereocenters. The van der Waals surface area contributed by atoms with Crippen molar-refractivity contribution in [1.29, 1.82) is 0 Å². The Balaban J connectivity index is 1.55. The van der Waals surface area contributed by atoms with E-state index in [0.29, 0.717) is 11.8 Å². The van der Waals surface area contributed by atoms with Crippen LogP contribution in [0.5, 0.6) is 0 Å². The van der Waals surface area contributed by atoms with Gasteiger partial charge in [-0.15, -0.1) is 22.7 Å². The van der Waals surface area contributed by atoms with Crippen LogP contribution in [0.15, 0.2) is 27.5 Å². The standard InChI is InChI=1S/C23H28BrN3S3Si/c1-4-13(16(6-3)18-20-19(26-30-27-20)17(24)11-25-18)7-8-15-12-29-22(23(15)31)21-14(5-2)9-10-28-21/h9-13,16H,4-8H2,1-3,31H3. The van der Waals surface area contributed by atoms with Crippen molar-refractivity contribution < 1.29 is 0 Å². The molecule has 0 bridgehead atoms. The topological polar surface area (TPSA) is 38.7 Å². The first-order valence-electron chi connectivity index (χ1n) is 11.0. The van der Waals surface area contributed by atoms with E-state index in [0.717, 1.165) is 57.1 Å². The third kappa shape index (κ3) is 4.60. The molecule has 0 saturated heterocycles. The lowest BCUT2D eigenvalue weighted by atomic mass is 9.81. The third-order valence-electron chi connectivity index (χ3n) is 6.42. The summed E-state index contributed by atoms with van der Waals surface area (Å²) in [7, 11) is 1.10. The van der Waals surface area contributed by atoms with Crippen LogP contribution in [0, 0.1) is 5.92 Å². The molecule has 8 heteroatoms. The monoisotopic (exact) mass is 549 g/mol. The minimum Gasteiger partial charge on any atom is -0.257 e. The highest BCUT2D eigenvalue weighted by Crippen LogP contribution is 2.38. The molecule has 164 valence electrons. The van der Waals surface area contributed by atoms with Crippen LogP contribution in [-0.2, 0) is 12.8 Å². The number of rotatable bonds is 9. The molecule has 0 aliphatic rings. The van der Waals surface area contributed by atoms with Gasteiger partial charge in [0.2, 0.25) is 0 Å². The summed E-state index contributed by atoms with van der Waals surface area (Å²) in [5.74, 6) is 1.02. The highest BCUT2D eigenvalue weighted by molar-refractivity contribution is 9.10. The van der Waals surface area contributed by atoms with Crippen molar-refractivity contribution in [3.05, 3.63) is 44.3 Å². The first-order valence-corrected chi connectivity index (χ1v) is 15.3. The predicted molar refractivity (Wildman–Crippen MR) is 145 cm³/mol. The lowest BCUT2D eigenvalue weighted by Crippen LogP contribution is -2.17. The zero-order valence-corrected chi connectivity index (χ0v) is 24.5. The Bertz CT molecular complexity index is 1170. The number of halogens is 1. The Morgan fingerprint density at radius 1 is 1.03 bits per heavy atom. The fourth-order valence-electron chi connectivity index (χ4n) is 4.55. The average molecular weight is 551 g/mol. The Morgan fingerprint density at radius 3 is 2.58 bits per heavy atom. The van der Waals surface area contributed by atoms with E-state index >= 15 is 0 Å². The van der Waals surface area contributed by atoms with Crippen LogP contribution in [0.1, 0.15) is 62.8 Å². The first-order chi connectivity index (χ1) is 15.1. The third-order valence-corrected chi connectivity index (χ3v) is 11.3. The summed E-state index contributed by atoms with van der Waals surface area (Å²) in [6, 6.07) is 2.29. The number of aromatic nitrogens is 3. The molecule has 3 nitrogen and oxygen atoms in total. The molecule has 0 aliphatic carbocycles. The van der Waals surface area contributed by atoms with Gasteiger partial charge in [0.1, 0.15) is 11.0 Å². The molecule has 0 saturated carbocycles. The number of aryl methyl sites for hydroxylation is 2. The van der Waals surface area contributed by atoms with E-state index in [1.165, 1.54) is 33.5 Å². The van der Waals surface area contributed by atoms with Crippen molar-refractivity contribution >= 4 is 76.8 Å². The minimum atomic E-state index is 0.421. The molecule has 0 amide bonds.